The molecule has 1 aliphatic heterocycles. The van der Waals surface area contributed by atoms with Crippen LogP contribution in [0.2, 0.25) is 0 Å². The van der Waals surface area contributed by atoms with Gasteiger partial charge in [0, 0.05) is 40.2 Å². The fourth-order valence-corrected chi connectivity index (χ4v) is 3.40. The van der Waals surface area contributed by atoms with Crippen LogP contribution in [0.15, 0.2) is 41.5 Å². The molecule has 0 atom stereocenters. The molecule has 0 saturated heterocycles. The molecule has 7 nitrogen and oxygen atoms in total. The highest BCUT2D eigenvalue weighted by atomic mass is 16.5. The van der Waals surface area contributed by atoms with Crippen molar-refractivity contribution in [1.82, 2.24) is 26.5 Å². The van der Waals surface area contributed by atoms with E-state index in [4.69, 9.17) is 9.72 Å². The van der Waals surface area contributed by atoms with E-state index < -0.39 is 0 Å². The number of nitrogens with one attached hydrogen (secondary N) is 4. The summed E-state index contributed by atoms with van der Waals surface area (Å²) in [5, 5.41) is 5.33. The zero-order chi connectivity index (χ0) is 19.0. The predicted octanol–water partition coefficient (Wildman–Crippen LogP) is 2.73. The van der Waals surface area contributed by atoms with Crippen LogP contribution < -0.4 is 21.2 Å². The first-order valence-electron chi connectivity index (χ1n) is 8.95. The fraction of sp³-hybridized carbons (Fsp3) is 0.300. The molecule has 27 heavy (non-hydrogen) atoms. The van der Waals surface area contributed by atoms with Crippen LogP contribution in [0.1, 0.15) is 43.4 Å². The molecule has 0 spiro atoms. The predicted molar refractivity (Wildman–Crippen MR) is 107 cm³/mol. The maximum absolute atomic E-state index is 5.38. The lowest BCUT2D eigenvalue weighted by Crippen LogP contribution is -2.35. The molecule has 140 valence electrons. The summed E-state index contributed by atoms with van der Waals surface area (Å²) in [7, 11) is 1.69. The summed E-state index contributed by atoms with van der Waals surface area (Å²) >= 11 is 0. The summed E-state index contributed by atoms with van der Waals surface area (Å²) in [6.45, 7) is 6.66. The number of ether oxygens (including phenoxy) is 1. The van der Waals surface area contributed by atoms with E-state index in [9.17, 15) is 0 Å². The molecule has 1 aliphatic rings. The van der Waals surface area contributed by atoms with E-state index in [1.54, 1.807) is 7.11 Å². The van der Waals surface area contributed by atoms with Gasteiger partial charge in [-0.05, 0) is 29.8 Å². The van der Waals surface area contributed by atoms with Crippen LogP contribution in [0.25, 0.3) is 10.9 Å². The number of aromatic amines is 1. The molecular weight excluding hydrogens is 340 g/mol. The quantitative estimate of drug-likeness (QED) is 0.572. The SMILES string of the molecule is COc1ccc2c(Cc3cccc(C4=NNNN4)n3)c(C(C)(C)C)[nH]c2c1. The van der Waals surface area contributed by atoms with E-state index >= 15 is 0 Å². The molecule has 0 unspecified atom stereocenters. The summed E-state index contributed by atoms with van der Waals surface area (Å²) in [6.07, 6.45) is 0.737. The minimum Gasteiger partial charge on any atom is -0.497 e. The van der Waals surface area contributed by atoms with Gasteiger partial charge in [0.05, 0.1) is 7.11 Å². The van der Waals surface area contributed by atoms with E-state index in [0.29, 0.717) is 5.84 Å². The van der Waals surface area contributed by atoms with Crippen molar-refractivity contribution in [2.45, 2.75) is 32.6 Å². The van der Waals surface area contributed by atoms with Crippen LogP contribution >= 0.6 is 0 Å². The number of methoxy groups -OCH3 is 1. The first kappa shape index (κ1) is 17.4. The van der Waals surface area contributed by atoms with Crippen molar-refractivity contribution in [2.24, 2.45) is 5.10 Å². The van der Waals surface area contributed by atoms with Gasteiger partial charge in [0.1, 0.15) is 11.4 Å². The van der Waals surface area contributed by atoms with E-state index in [1.165, 1.54) is 16.6 Å². The van der Waals surface area contributed by atoms with Gasteiger partial charge in [0.2, 0.25) is 0 Å². The molecule has 3 aromatic rings. The van der Waals surface area contributed by atoms with Crippen molar-refractivity contribution >= 4 is 16.7 Å². The number of pyridine rings is 1. The third-order valence-electron chi connectivity index (χ3n) is 4.68. The van der Waals surface area contributed by atoms with Crippen LogP contribution in [0.3, 0.4) is 0 Å². The molecule has 0 fully saturated rings. The monoisotopic (exact) mass is 364 g/mol. The Bertz CT molecular complexity index is 1010. The van der Waals surface area contributed by atoms with Crippen molar-refractivity contribution in [1.29, 1.82) is 0 Å². The molecule has 3 heterocycles. The molecule has 0 radical (unpaired) electrons. The van der Waals surface area contributed by atoms with E-state index in [2.05, 4.69) is 59.5 Å². The molecule has 2 aromatic heterocycles. The highest BCUT2D eigenvalue weighted by molar-refractivity contribution is 5.97. The Morgan fingerprint density at radius 1 is 1.11 bits per heavy atom. The van der Waals surface area contributed by atoms with Crippen LogP contribution in [-0.2, 0) is 11.8 Å². The lowest BCUT2D eigenvalue weighted by atomic mass is 9.87. The minimum absolute atomic E-state index is 0.00979. The summed E-state index contributed by atoms with van der Waals surface area (Å²) in [5.74, 6) is 1.53. The Morgan fingerprint density at radius 3 is 2.67 bits per heavy atom. The summed E-state index contributed by atoms with van der Waals surface area (Å²) in [4.78, 5) is 8.39. The smallest absolute Gasteiger partial charge is 0.189 e. The molecule has 4 N–H and O–H groups in total. The van der Waals surface area contributed by atoms with Crippen LogP contribution in [0, 0.1) is 0 Å². The number of rotatable bonds is 4. The van der Waals surface area contributed by atoms with Crippen molar-refractivity contribution in [3.05, 3.63) is 59.0 Å². The van der Waals surface area contributed by atoms with Gasteiger partial charge < -0.3 is 9.72 Å². The number of amidine groups is 1. The average Bonchev–Trinajstić information content (AvgIpc) is 3.29. The van der Waals surface area contributed by atoms with Crippen LogP contribution in [0.4, 0.5) is 0 Å². The first-order valence-corrected chi connectivity index (χ1v) is 8.95. The Balaban J connectivity index is 1.78. The standard InChI is InChI=1S/C20H24N6O/c1-20(2,3)18-15(14-9-8-13(27-4)11-17(14)22-18)10-12-6-5-7-16(21-12)19-23-25-26-24-19/h5-9,11,22,25-26H,10H2,1-4H3,(H,23,24). The minimum atomic E-state index is -0.00979. The first-order chi connectivity index (χ1) is 13.0. The normalized spacial score (nSPS) is 14.0. The van der Waals surface area contributed by atoms with Gasteiger partial charge in [-0.15, -0.1) is 10.6 Å². The molecular formula is C20H24N6O. The Hall–Kier alpha value is -3.06. The summed E-state index contributed by atoms with van der Waals surface area (Å²) < 4.78 is 5.38. The van der Waals surface area contributed by atoms with Gasteiger partial charge >= 0.3 is 0 Å². The van der Waals surface area contributed by atoms with Crippen molar-refractivity contribution in [2.75, 3.05) is 7.11 Å². The second kappa shape index (κ2) is 6.59. The number of nitrogens with zero attached hydrogens (tertiary/aromatic N) is 2. The number of fused-ring (bicyclic) bond motifs is 1. The number of aromatic nitrogens is 2. The zero-order valence-electron chi connectivity index (χ0n) is 16.0. The van der Waals surface area contributed by atoms with E-state index in [-0.39, 0.29) is 5.41 Å². The highest BCUT2D eigenvalue weighted by Gasteiger charge is 2.23. The third-order valence-corrected chi connectivity index (χ3v) is 4.68. The van der Waals surface area contributed by atoms with Crippen LogP contribution in [-0.4, -0.2) is 22.9 Å². The van der Waals surface area contributed by atoms with Crippen molar-refractivity contribution in [3.63, 3.8) is 0 Å². The Kier molecular flexibility index (Phi) is 4.24. The van der Waals surface area contributed by atoms with E-state index in [1.807, 2.05) is 24.3 Å². The lowest BCUT2D eigenvalue weighted by molar-refractivity contribution is 0.415. The summed E-state index contributed by atoms with van der Waals surface area (Å²) in [6, 6.07) is 12.2. The molecule has 0 bridgehead atoms. The van der Waals surface area contributed by atoms with Gasteiger partial charge in [0.15, 0.2) is 5.84 Å². The molecule has 7 heteroatoms. The second-order valence-corrected chi connectivity index (χ2v) is 7.65. The van der Waals surface area contributed by atoms with Crippen LogP contribution in [0.5, 0.6) is 5.75 Å². The number of hydrogen-bond acceptors (Lipinski definition) is 6. The molecule has 1 aromatic carbocycles. The molecule has 4 rings (SSSR count). The number of H-pyrrole nitrogens is 1. The maximum Gasteiger partial charge on any atom is 0.189 e. The van der Waals surface area contributed by atoms with Gasteiger partial charge in [0.25, 0.3) is 0 Å². The highest BCUT2D eigenvalue weighted by Crippen LogP contribution is 2.34. The number of benzene rings is 1. The zero-order valence-corrected chi connectivity index (χ0v) is 16.0. The fourth-order valence-electron chi connectivity index (χ4n) is 3.40. The topological polar surface area (TPSA) is 86.4 Å². The average molecular weight is 364 g/mol. The molecule has 0 amide bonds. The van der Waals surface area contributed by atoms with Gasteiger partial charge in [-0.3, -0.25) is 5.43 Å². The second-order valence-electron chi connectivity index (χ2n) is 7.65. The Labute approximate surface area is 158 Å². The maximum atomic E-state index is 5.38. The lowest BCUT2D eigenvalue weighted by Gasteiger charge is -2.19. The number of hydrazone groups is 1. The van der Waals surface area contributed by atoms with Crippen molar-refractivity contribution < 1.29 is 4.74 Å². The molecule has 0 aliphatic carbocycles. The number of hydrazine groups is 2. The van der Waals surface area contributed by atoms with Gasteiger partial charge in [-0.25, -0.2) is 10.5 Å². The third kappa shape index (κ3) is 3.33. The van der Waals surface area contributed by atoms with E-state index in [0.717, 1.165) is 29.1 Å². The Morgan fingerprint density at radius 2 is 1.96 bits per heavy atom. The largest absolute Gasteiger partial charge is 0.497 e. The summed E-state index contributed by atoms with van der Waals surface area (Å²) in [5.41, 5.74) is 13.7. The van der Waals surface area contributed by atoms with Gasteiger partial charge in [-0.1, -0.05) is 26.8 Å². The number of hydrogen-bond donors (Lipinski definition) is 4. The van der Waals surface area contributed by atoms with Crippen molar-refractivity contribution in [3.8, 4) is 5.75 Å². The van der Waals surface area contributed by atoms with Gasteiger partial charge in [-0.2, -0.15) is 0 Å². The molecule has 0 saturated carbocycles.